The van der Waals surface area contributed by atoms with Crippen molar-refractivity contribution in [3.05, 3.63) is 28.3 Å². The van der Waals surface area contributed by atoms with Gasteiger partial charge in [-0.1, -0.05) is 33.3 Å². The SMILES string of the molecule is CCC(C)(C)C1CCC(NS(=O)(=O)c2c(C)c(C)cc(C)c2C)CC1. The largest absolute Gasteiger partial charge is 0.241 e. The summed E-state index contributed by atoms with van der Waals surface area (Å²) in [4.78, 5) is 0.487. The first-order chi connectivity index (χ1) is 11.5. The van der Waals surface area contributed by atoms with E-state index in [2.05, 4.69) is 31.6 Å². The van der Waals surface area contributed by atoms with Gasteiger partial charge in [-0.25, -0.2) is 13.1 Å². The van der Waals surface area contributed by atoms with Gasteiger partial charge in [-0.3, -0.25) is 0 Å². The van der Waals surface area contributed by atoms with Crippen LogP contribution in [0, 0.1) is 39.0 Å². The predicted molar refractivity (Wildman–Crippen MR) is 106 cm³/mol. The first-order valence-electron chi connectivity index (χ1n) is 9.59. The maximum Gasteiger partial charge on any atom is 0.241 e. The second-order valence-electron chi connectivity index (χ2n) is 8.60. The molecule has 0 aliphatic heterocycles. The van der Waals surface area contributed by atoms with E-state index in [9.17, 15) is 8.42 Å². The molecule has 4 heteroatoms. The molecular formula is C21H35NO2S. The van der Waals surface area contributed by atoms with Crippen molar-refractivity contribution in [3.63, 3.8) is 0 Å². The summed E-state index contributed by atoms with van der Waals surface area (Å²) in [6, 6.07) is 2.13. The summed E-state index contributed by atoms with van der Waals surface area (Å²) in [6.45, 7) is 14.7. The molecule has 1 N–H and O–H groups in total. The zero-order valence-corrected chi connectivity index (χ0v) is 17.8. The average molecular weight is 366 g/mol. The Balaban J connectivity index is 2.17. The number of nitrogens with one attached hydrogen (secondary N) is 1. The Hall–Kier alpha value is -0.870. The molecule has 142 valence electrons. The minimum atomic E-state index is -3.47. The molecular weight excluding hydrogens is 330 g/mol. The van der Waals surface area contributed by atoms with Gasteiger partial charge >= 0.3 is 0 Å². The van der Waals surface area contributed by atoms with Gasteiger partial charge in [0.1, 0.15) is 0 Å². The Morgan fingerprint density at radius 3 is 1.92 bits per heavy atom. The van der Waals surface area contributed by atoms with Crippen LogP contribution in [0.5, 0.6) is 0 Å². The standard InChI is InChI=1S/C21H35NO2S/c1-8-21(6,7)18-9-11-19(12-10-18)22-25(23,24)20-16(4)14(2)13-15(3)17(20)5/h13,18-19,22H,8-12H2,1-7H3. The molecule has 0 amide bonds. The molecule has 0 saturated heterocycles. The van der Waals surface area contributed by atoms with Crippen LogP contribution < -0.4 is 4.72 Å². The van der Waals surface area contributed by atoms with Gasteiger partial charge < -0.3 is 0 Å². The molecule has 0 aromatic heterocycles. The van der Waals surface area contributed by atoms with Gasteiger partial charge in [0.15, 0.2) is 0 Å². The second-order valence-corrected chi connectivity index (χ2v) is 10.3. The molecule has 25 heavy (non-hydrogen) atoms. The van der Waals surface area contributed by atoms with Crippen LogP contribution in [0.1, 0.15) is 75.1 Å². The van der Waals surface area contributed by atoms with Gasteiger partial charge in [-0.2, -0.15) is 0 Å². The number of hydrogen-bond acceptors (Lipinski definition) is 2. The molecule has 0 heterocycles. The lowest BCUT2D eigenvalue weighted by atomic mass is 9.69. The molecule has 0 atom stereocenters. The highest BCUT2D eigenvalue weighted by Gasteiger charge is 2.34. The van der Waals surface area contributed by atoms with Crippen molar-refractivity contribution in [1.82, 2.24) is 4.72 Å². The van der Waals surface area contributed by atoms with E-state index in [1.165, 1.54) is 6.42 Å². The Kier molecular flexibility index (Phi) is 6.05. The van der Waals surface area contributed by atoms with Gasteiger partial charge in [0.25, 0.3) is 0 Å². The lowest BCUT2D eigenvalue weighted by molar-refractivity contribution is 0.142. The molecule has 3 nitrogen and oxygen atoms in total. The minimum absolute atomic E-state index is 0.0634. The fourth-order valence-corrected chi connectivity index (χ4v) is 6.06. The molecule has 2 rings (SSSR count). The first kappa shape index (κ1) is 20.4. The van der Waals surface area contributed by atoms with Crippen molar-refractivity contribution in [3.8, 4) is 0 Å². The fraction of sp³-hybridized carbons (Fsp3) is 0.714. The maximum absolute atomic E-state index is 13.1. The number of aryl methyl sites for hydroxylation is 2. The number of benzene rings is 1. The highest BCUT2D eigenvalue weighted by molar-refractivity contribution is 7.89. The monoisotopic (exact) mass is 365 g/mol. The van der Waals surface area contributed by atoms with Gasteiger partial charge in [0, 0.05) is 6.04 Å². The van der Waals surface area contributed by atoms with Crippen molar-refractivity contribution in [1.29, 1.82) is 0 Å². The van der Waals surface area contributed by atoms with Crippen LogP contribution in [-0.4, -0.2) is 14.5 Å². The highest BCUT2D eigenvalue weighted by Crippen LogP contribution is 2.40. The predicted octanol–water partition coefficient (Wildman–Crippen LogP) is 5.19. The zero-order chi connectivity index (χ0) is 19.0. The van der Waals surface area contributed by atoms with Gasteiger partial charge in [-0.05, 0) is 87.0 Å². The molecule has 1 aliphatic carbocycles. The van der Waals surface area contributed by atoms with Crippen molar-refractivity contribution >= 4 is 10.0 Å². The third kappa shape index (κ3) is 4.28. The first-order valence-corrected chi connectivity index (χ1v) is 11.1. The van der Waals surface area contributed by atoms with Gasteiger partial charge in [-0.15, -0.1) is 0 Å². The molecule has 1 aliphatic rings. The quantitative estimate of drug-likeness (QED) is 0.780. The summed E-state index contributed by atoms with van der Waals surface area (Å²) < 4.78 is 29.1. The number of sulfonamides is 1. The highest BCUT2D eigenvalue weighted by atomic mass is 32.2. The smallest absolute Gasteiger partial charge is 0.208 e. The molecule has 0 bridgehead atoms. The van der Waals surface area contributed by atoms with Crippen molar-refractivity contribution < 1.29 is 8.42 Å². The van der Waals surface area contributed by atoms with Crippen LogP contribution in [0.25, 0.3) is 0 Å². The zero-order valence-electron chi connectivity index (χ0n) is 17.0. The van der Waals surface area contributed by atoms with Crippen LogP contribution in [0.2, 0.25) is 0 Å². The molecule has 0 radical (unpaired) electrons. The average Bonchev–Trinajstić information content (AvgIpc) is 2.53. The Bertz CT molecular complexity index is 701. The molecule has 1 aromatic rings. The van der Waals surface area contributed by atoms with Crippen molar-refractivity contribution in [2.75, 3.05) is 0 Å². The number of rotatable bonds is 5. The van der Waals surface area contributed by atoms with E-state index >= 15 is 0 Å². The summed E-state index contributed by atoms with van der Waals surface area (Å²) in [6.07, 6.45) is 5.28. The lowest BCUT2D eigenvalue weighted by Gasteiger charge is -2.39. The minimum Gasteiger partial charge on any atom is -0.208 e. The van der Waals surface area contributed by atoms with E-state index in [1.54, 1.807) is 0 Å². The summed E-state index contributed by atoms with van der Waals surface area (Å²) in [5, 5.41) is 0. The van der Waals surface area contributed by atoms with Crippen LogP contribution in [-0.2, 0) is 10.0 Å². The maximum atomic E-state index is 13.1. The molecule has 0 unspecified atom stereocenters. The van der Waals surface area contributed by atoms with Crippen molar-refractivity contribution in [2.24, 2.45) is 11.3 Å². The summed E-state index contributed by atoms with van der Waals surface area (Å²) in [7, 11) is -3.47. The van der Waals surface area contributed by atoms with Crippen LogP contribution in [0.4, 0.5) is 0 Å². The van der Waals surface area contributed by atoms with E-state index in [0.29, 0.717) is 16.2 Å². The summed E-state index contributed by atoms with van der Waals surface area (Å²) in [5.41, 5.74) is 4.17. The topological polar surface area (TPSA) is 46.2 Å². The third-order valence-electron chi connectivity index (χ3n) is 6.63. The van der Waals surface area contributed by atoms with Crippen LogP contribution in [0.15, 0.2) is 11.0 Å². The van der Waals surface area contributed by atoms with E-state index in [4.69, 9.17) is 0 Å². The molecule has 1 fully saturated rings. The van der Waals surface area contributed by atoms with Gasteiger partial charge in [0.2, 0.25) is 10.0 Å². The van der Waals surface area contributed by atoms with Gasteiger partial charge in [0.05, 0.1) is 4.90 Å². The summed E-state index contributed by atoms with van der Waals surface area (Å²) >= 11 is 0. The second kappa shape index (κ2) is 7.40. The Labute approximate surface area is 154 Å². The molecule has 1 aromatic carbocycles. The lowest BCUT2D eigenvalue weighted by Crippen LogP contribution is -2.40. The van der Waals surface area contributed by atoms with E-state index < -0.39 is 10.0 Å². The molecule has 1 saturated carbocycles. The Morgan fingerprint density at radius 1 is 1.00 bits per heavy atom. The van der Waals surface area contributed by atoms with Crippen LogP contribution in [0.3, 0.4) is 0 Å². The number of hydrogen-bond donors (Lipinski definition) is 1. The van der Waals surface area contributed by atoms with E-state index in [-0.39, 0.29) is 6.04 Å². The fourth-order valence-electron chi connectivity index (χ4n) is 4.14. The Morgan fingerprint density at radius 2 is 1.48 bits per heavy atom. The van der Waals surface area contributed by atoms with Crippen molar-refractivity contribution in [2.45, 2.75) is 91.5 Å². The summed E-state index contributed by atoms with van der Waals surface area (Å²) in [5.74, 6) is 0.697. The van der Waals surface area contributed by atoms with E-state index in [1.807, 2.05) is 27.7 Å². The third-order valence-corrected chi connectivity index (χ3v) is 8.42. The molecule has 0 spiro atoms. The normalized spacial score (nSPS) is 22.2. The van der Waals surface area contributed by atoms with Crippen LogP contribution >= 0.6 is 0 Å². The van der Waals surface area contributed by atoms with E-state index in [0.717, 1.165) is 47.9 Å².